The minimum atomic E-state index is -3.27. The molecular formula is C17H18BrClN2O4S. The topological polar surface area (TPSA) is 84.5 Å². The second kappa shape index (κ2) is 8.75. The second-order valence-corrected chi connectivity index (χ2v) is 8.70. The molecule has 9 heteroatoms. The molecule has 2 aromatic carbocycles. The number of hydrogen-bond donors (Lipinski definition) is 2. The predicted molar refractivity (Wildman–Crippen MR) is 107 cm³/mol. The lowest BCUT2D eigenvalue weighted by Crippen LogP contribution is -2.22. The number of ether oxygens (including phenoxy) is 1. The highest BCUT2D eigenvalue weighted by Gasteiger charge is 2.12. The molecule has 6 nitrogen and oxygen atoms in total. The van der Waals surface area contributed by atoms with Crippen LogP contribution in [0.15, 0.2) is 45.8 Å². The number of carbonyl (C=O) groups is 1. The summed E-state index contributed by atoms with van der Waals surface area (Å²) in [5.41, 5.74) is 1.09. The molecule has 140 valence electrons. The largest absolute Gasteiger partial charge is 0.491 e. The number of hydrogen-bond acceptors (Lipinski definition) is 5. The summed E-state index contributed by atoms with van der Waals surface area (Å²) in [4.78, 5) is 12.3. The standard InChI is InChI=1S/C17H18BrClN2O4S/c1-3-25-17-14(18)8-11(19)9-15(17)20-10-16(22)21-12-4-6-13(7-5-12)26(2,23)24/h4-9,20H,3,10H2,1-2H3,(H,21,22). The summed E-state index contributed by atoms with van der Waals surface area (Å²) < 4.78 is 29.1. The number of amides is 1. The average Bonchev–Trinajstić information content (AvgIpc) is 2.55. The quantitative estimate of drug-likeness (QED) is 0.652. The molecule has 0 unspecified atom stereocenters. The fraction of sp³-hybridized carbons (Fsp3) is 0.235. The number of sulfone groups is 1. The number of anilines is 2. The van der Waals surface area contributed by atoms with Crippen LogP contribution in [0.1, 0.15) is 6.92 Å². The predicted octanol–water partition coefficient (Wildman–Crippen LogP) is 3.96. The maximum Gasteiger partial charge on any atom is 0.243 e. The lowest BCUT2D eigenvalue weighted by Gasteiger charge is -2.14. The van der Waals surface area contributed by atoms with E-state index in [4.69, 9.17) is 16.3 Å². The number of benzene rings is 2. The van der Waals surface area contributed by atoms with Gasteiger partial charge in [0.1, 0.15) is 0 Å². The molecule has 0 spiro atoms. The summed E-state index contributed by atoms with van der Waals surface area (Å²) in [5, 5.41) is 6.18. The number of nitrogens with one attached hydrogen (secondary N) is 2. The Morgan fingerprint density at radius 3 is 2.46 bits per heavy atom. The number of carbonyl (C=O) groups excluding carboxylic acids is 1. The van der Waals surface area contributed by atoms with Gasteiger partial charge in [-0.15, -0.1) is 0 Å². The van der Waals surface area contributed by atoms with Crippen molar-refractivity contribution in [3.63, 3.8) is 0 Å². The van der Waals surface area contributed by atoms with Crippen molar-refractivity contribution >= 4 is 54.7 Å². The van der Waals surface area contributed by atoms with E-state index in [1.165, 1.54) is 24.3 Å². The molecule has 1 amide bonds. The van der Waals surface area contributed by atoms with Gasteiger partial charge >= 0.3 is 0 Å². The van der Waals surface area contributed by atoms with Gasteiger partial charge in [0.25, 0.3) is 0 Å². The molecule has 0 aromatic heterocycles. The Labute approximate surface area is 165 Å². The molecule has 0 saturated carbocycles. The molecule has 0 fully saturated rings. The van der Waals surface area contributed by atoms with Crippen LogP contribution < -0.4 is 15.4 Å². The molecule has 0 aliphatic heterocycles. The van der Waals surface area contributed by atoms with Crippen molar-refractivity contribution in [3.8, 4) is 5.75 Å². The molecular weight excluding hydrogens is 444 g/mol. The molecule has 0 aliphatic rings. The normalized spacial score (nSPS) is 11.1. The van der Waals surface area contributed by atoms with E-state index in [0.717, 1.165) is 6.26 Å². The lowest BCUT2D eigenvalue weighted by molar-refractivity contribution is -0.114. The molecule has 0 atom stereocenters. The van der Waals surface area contributed by atoms with Crippen molar-refractivity contribution in [2.45, 2.75) is 11.8 Å². The van der Waals surface area contributed by atoms with E-state index < -0.39 is 9.84 Å². The van der Waals surface area contributed by atoms with Crippen LogP contribution in [-0.2, 0) is 14.6 Å². The Kier molecular flexibility index (Phi) is 6.91. The molecule has 0 saturated heterocycles. The van der Waals surface area contributed by atoms with Crippen LogP contribution in [0.2, 0.25) is 5.02 Å². The summed E-state index contributed by atoms with van der Waals surface area (Å²) in [6.45, 7) is 2.31. The van der Waals surface area contributed by atoms with Crippen LogP contribution in [0, 0.1) is 0 Å². The van der Waals surface area contributed by atoms with Crippen LogP contribution in [0.5, 0.6) is 5.75 Å². The minimum Gasteiger partial charge on any atom is -0.491 e. The zero-order valence-corrected chi connectivity index (χ0v) is 17.3. The lowest BCUT2D eigenvalue weighted by atomic mass is 10.3. The number of halogens is 2. The zero-order valence-electron chi connectivity index (χ0n) is 14.2. The molecule has 2 rings (SSSR count). The van der Waals surface area contributed by atoms with E-state index in [-0.39, 0.29) is 17.3 Å². The first-order valence-electron chi connectivity index (χ1n) is 7.66. The molecule has 0 heterocycles. The summed E-state index contributed by atoms with van der Waals surface area (Å²) in [6, 6.07) is 9.34. The second-order valence-electron chi connectivity index (χ2n) is 5.40. The zero-order chi connectivity index (χ0) is 19.3. The van der Waals surface area contributed by atoms with Crippen molar-refractivity contribution in [2.75, 3.05) is 30.0 Å². The van der Waals surface area contributed by atoms with Crippen molar-refractivity contribution < 1.29 is 17.9 Å². The average molecular weight is 462 g/mol. The van der Waals surface area contributed by atoms with Crippen molar-refractivity contribution in [2.24, 2.45) is 0 Å². The van der Waals surface area contributed by atoms with E-state index in [9.17, 15) is 13.2 Å². The van der Waals surface area contributed by atoms with E-state index in [1.807, 2.05) is 6.92 Å². The summed E-state index contributed by atoms with van der Waals surface area (Å²) >= 11 is 9.43. The summed E-state index contributed by atoms with van der Waals surface area (Å²) in [7, 11) is -3.27. The monoisotopic (exact) mass is 460 g/mol. The smallest absolute Gasteiger partial charge is 0.243 e. The molecule has 0 aliphatic carbocycles. The molecule has 2 aromatic rings. The molecule has 26 heavy (non-hydrogen) atoms. The Morgan fingerprint density at radius 2 is 1.88 bits per heavy atom. The first kappa shape index (κ1) is 20.5. The van der Waals surface area contributed by atoms with Gasteiger partial charge in [-0.2, -0.15) is 0 Å². The molecule has 0 bridgehead atoms. The first-order chi connectivity index (χ1) is 12.2. The van der Waals surface area contributed by atoms with E-state index in [2.05, 4.69) is 26.6 Å². The van der Waals surface area contributed by atoms with Gasteiger partial charge in [0.15, 0.2) is 15.6 Å². The minimum absolute atomic E-state index is 0.0132. The summed E-state index contributed by atoms with van der Waals surface area (Å²) in [6.07, 6.45) is 1.13. The Balaban J connectivity index is 2.03. The fourth-order valence-corrected chi connectivity index (χ4v) is 3.70. The molecule has 0 radical (unpaired) electrons. The van der Waals surface area contributed by atoms with Gasteiger partial charge in [0.05, 0.1) is 28.2 Å². The maximum atomic E-state index is 12.1. The Bertz CT molecular complexity index is 902. The molecule has 2 N–H and O–H groups in total. The first-order valence-corrected chi connectivity index (χ1v) is 10.7. The Hall–Kier alpha value is -1.77. The van der Waals surface area contributed by atoms with Crippen LogP contribution >= 0.6 is 27.5 Å². The third-order valence-corrected chi connectivity index (χ3v) is 5.24. The van der Waals surface area contributed by atoms with Crippen molar-refractivity contribution in [3.05, 3.63) is 45.9 Å². The van der Waals surface area contributed by atoms with Gasteiger partial charge in [-0.05, 0) is 59.3 Å². The maximum absolute atomic E-state index is 12.1. The van der Waals surface area contributed by atoms with Gasteiger partial charge in [0.2, 0.25) is 5.91 Å². The highest BCUT2D eigenvalue weighted by Crippen LogP contribution is 2.36. The third-order valence-electron chi connectivity index (χ3n) is 3.30. The van der Waals surface area contributed by atoms with E-state index >= 15 is 0 Å². The summed E-state index contributed by atoms with van der Waals surface area (Å²) in [5.74, 6) is 0.276. The van der Waals surface area contributed by atoms with Gasteiger partial charge < -0.3 is 15.4 Å². The highest BCUT2D eigenvalue weighted by atomic mass is 79.9. The van der Waals surface area contributed by atoms with Crippen LogP contribution in [0.25, 0.3) is 0 Å². The van der Waals surface area contributed by atoms with Crippen molar-refractivity contribution in [1.29, 1.82) is 0 Å². The van der Waals surface area contributed by atoms with E-state index in [0.29, 0.717) is 33.2 Å². The highest BCUT2D eigenvalue weighted by molar-refractivity contribution is 9.10. The van der Waals surface area contributed by atoms with Gasteiger partial charge in [-0.3, -0.25) is 4.79 Å². The van der Waals surface area contributed by atoms with Gasteiger partial charge in [-0.1, -0.05) is 11.6 Å². The number of rotatable bonds is 7. The van der Waals surface area contributed by atoms with Crippen LogP contribution in [0.4, 0.5) is 11.4 Å². The SMILES string of the molecule is CCOc1c(Br)cc(Cl)cc1NCC(=O)Nc1ccc(S(C)(=O)=O)cc1. The van der Waals surface area contributed by atoms with Crippen LogP contribution in [-0.4, -0.2) is 33.7 Å². The Morgan fingerprint density at radius 1 is 1.23 bits per heavy atom. The van der Waals surface area contributed by atoms with Crippen LogP contribution in [0.3, 0.4) is 0 Å². The third kappa shape index (κ3) is 5.62. The van der Waals surface area contributed by atoms with Gasteiger partial charge in [-0.25, -0.2) is 8.42 Å². The van der Waals surface area contributed by atoms with Crippen molar-refractivity contribution in [1.82, 2.24) is 0 Å². The van der Waals surface area contributed by atoms with E-state index in [1.54, 1.807) is 12.1 Å². The van der Waals surface area contributed by atoms with Gasteiger partial charge in [0, 0.05) is 17.0 Å². The fourth-order valence-electron chi connectivity index (χ4n) is 2.15.